The van der Waals surface area contributed by atoms with Crippen molar-refractivity contribution in [1.82, 2.24) is 19.9 Å². The van der Waals surface area contributed by atoms with E-state index in [0.717, 1.165) is 6.07 Å². The third-order valence-electron chi connectivity index (χ3n) is 5.53. The number of halogens is 4. The smallest absolute Gasteiger partial charge is 0.224 e. The summed E-state index contributed by atoms with van der Waals surface area (Å²) in [5.74, 6) is -1.75. The molecule has 4 aromatic heterocycles. The van der Waals surface area contributed by atoms with E-state index in [2.05, 4.69) is 35.9 Å². The first-order valence-corrected chi connectivity index (χ1v) is 11.2. The number of methoxy groups -OCH3 is 2. The van der Waals surface area contributed by atoms with Gasteiger partial charge in [0, 0.05) is 29.7 Å². The quantitative estimate of drug-likeness (QED) is 0.272. The monoisotopic (exact) mass is 544 g/mol. The van der Waals surface area contributed by atoms with Gasteiger partial charge in [0.25, 0.3) is 0 Å². The molecule has 0 fully saturated rings. The zero-order valence-electron chi connectivity index (χ0n) is 19.2. The molecule has 4 aromatic rings. The molecule has 6 nitrogen and oxygen atoms in total. The van der Waals surface area contributed by atoms with E-state index in [4.69, 9.17) is 9.47 Å². The molecular weight excluding hydrogens is 525 g/mol. The van der Waals surface area contributed by atoms with Gasteiger partial charge in [-0.2, -0.15) is 18.2 Å². The molecule has 0 N–H and O–H groups in total. The van der Waals surface area contributed by atoms with E-state index in [-0.39, 0.29) is 16.8 Å². The second-order valence-corrected chi connectivity index (χ2v) is 8.94. The molecule has 0 bridgehead atoms. The Morgan fingerprint density at radius 3 is 1.63 bits per heavy atom. The van der Waals surface area contributed by atoms with E-state index in [1.807, 2.05) is 13.8 Å². The van der Waals surface area contributed by atoms with E-state index in [1.165, 1.54) is 26.4 Å². The Morgan fingerprint density at radius 1 is 0.686 bits per heavy atom. The Balaban J connectivity index is 1.87. The van der Waals surface area contributed by atoms with E-state index >= 15 is 0 Å². The summed E-state index contributed by atoms with van der Waals surface area (Å²) in [6, 6.07) is 12.1. The summed E-state index contributed by atoms with van der Waals surface area (Å²) in [4.78, 5) is 16.4. The molecule has 0 unspecified atom stereocenters. The van der Waals surface area contributed by atoms with Crippen LogP contribution in [0.4, 0.5) is 13.2 Å². The minimum atomic E-state index is -0.991. The second-order valence-electron chi connectivity index (χ2n) is 8.12. The molecule has 0 aromatic carbocycles. The van der Waals surface area contributed by atoms with Gasteiger partial charge >= 0.3 is 0 Å². The lowest BCUT2D eigenvalue weighted by molar-refractivity contribution is 0.409. The Morgan fingerprint density at radius 2 is 1.17 bits per heavy atom. The molecule has 0 aliphatic heterocycles. The first-order chi connectivity index (χ1) is 16.6. The van der Waals surface area contributed by atoms with Crippen molar-refractivity contribution in [2.24, 2.45) is 0 Å². The Hall–Kier alpha value is -3.53. The fourth-order valence-electron chi connectivity index (χ4n) is 3.50. The summed E-state index contributed by atoms with van der Waals surface area (Å²) in [6.07, 6.45) is 0. The molecule has 0 spiro atoms. The Labute approximate surface area is 208 Å². The number of hydrogen-bond donors (Lipinski definition) is 0. The third kappa shape index (κ3) is 4.97. The van der Waals surface area contributed by atoms with Crippen LogP contribution in [-0.2, 0) is 5.41 Å². The molecule has 0 saturated carbocycles. The normalized spacial score (nSPS) is 11.4. The molecule has 180 valence electrons. The number of nitrogens with zero attached hydrogens (tertiary/aromatic N) is 4. The lowest BCUT2D eigenvalue weighted by Crippen LogP contribution is -2.23. The van der Waals surface area contributed by atoms with Gasteiger partial charge in [0.1, 0.15) is 16.1 Å². The molecule has 0 radical (unpaired) electrons. The zero-order chi connectivity index (χ0) is 25.3. The maximum atomic E-state index is 14.6. The predicted molar refractivity (Wildman–Crippen MR) is 128 cm³/mol. The van der Waals surface area contributed by atoms with Gasteiger partial charge in [-0.1, -0.05) is 0 Å². The lowest BCUT2D eigenvalue weighted by atomic mass is 9.84. The highest BCUT2D eigenvalue weighted by Gasteiger charge is 2.30. The minimum Gasteiger partial charge on any atom is -0.497 e. The Bertz CT molecular complexity index is 1310. The van der Waals surface area contributed by atoms with Crippen molar-refractivity contribution >= 4 is 15.9 Å². The highest BCUT2D eigenvalue weighted by Crippen LogP contribution is 2.37. The molecule has 0 aliphatic rings. The molecule has 0 amide bonds. The number of rotatable bonds is 6. The van der Waals surface area contributed by atoms with Crippen molar-refractivity contribution in [2.45, 2.75) is 19.3 Å². The lowest BCUT2D eigenvalue weighted by Gasteiger charge is -2.26. The maximum absolute atomic E-state index is 14.6. The fraction of sp³-hybridized carbons (Fsp3) is 0.200. The summed E-state index contributed by atoms with van der Waals surface area (Å²) in [5, 5.41) is 0. The van der Waals surface area contributed by atoms with Crippen LogP contribution in [0.25, 0.3) is 22.5 Å². The van der Waals surface area contributed by atoms with E-state index < -0.39 is 23.3 Å². The molecule has 4 rings (SSSR count). The highest BCUT2D eigenvalue weighted by molar-refractivity contribution is 9.10. The molecule has 35 heavy (non-hydrogen) atoms. The summed E-state index contributed by atoms with van der Waals surface area (Å²) < 4.78 is 53.6. The van der Waals surface area contributed by atoms with Gasteiger partial charge in [-0.3, -0.25) is 9.97 Å². The molecule has 0 saturated heterocycles. The fourth-order valence-corrected chi connectivity index (χ4v) is 3.79. The van der Waals surface area contributed by atoms with Crippen molar-refractivity contribution in [1.29, 1.82) is 0 Å². The summed E-state index contributed by atoms with van der Waals surface area (Å²) >= 11 is 3.15. The average Bonchev–Trinajstić information content (AvgIpc) is 2.83. The van der Waals surface area contributed by atoms with Crippen molar-refractivity contribution in [3.63, 3.8) is 0 Å². The molecule has 10 heteroatoms. The van der Waals surface area contributed by atoms with E-state index in [9.17, 15) is 13.2 Å². The number of ether oxygens (including phenoxy) is 2. The van der Waals surface area contributed by atoms with Crippen molar-refractivity contribution in [2.75, 3.05) is 14.2 Å². The van der Waals surface area contributed by atoms with Crippen LogP contribution in [0, 0.1) is 17.8 Å². The molecule has 0 aliphatic carbocycles. The topological polar surface area (TPSA) is 70.0 Å². The Kier molecular flexibility index (Phi) is 6.75. The maximum Gasteiger partial charge on any atom is 0.224 e. The van der Waals surface area contributed by atoms with Crippen LogP contribution in [0.3, 0.4) is 0 Å². The minimum absolute atomic E-state index is 0.0182. The van der Waals surface area contributed by atoms with Gasteiger partial charge in [-0.25, -0.2) is 4.98 Å². The van der Waals surface area contributed by atoms with Crippen LogP contribution in [0.5, 0.6) is 11.5 Å². The molecule has 0 atom stereocenters. The van der Waals surface area contributed by atoms with Crippen LogP contribution in [-0.4, -0.2) is 34.2 Å². The van der Waals surface area contributed by atoms with E-state index in [0.29, 0.717) is 33.2 Å². The number of hydrogen-bond acceptors (Lipinski definition) is 6. The van der Waals surface area contributed by atoms with Gasteiger partial charge in [-0.15, -0.1) is 0 Å². The highest BCUT2D eigenvalue weighted by atomic mass is 79.9. The summed E-state index contributed by atoms with van der Waals surface area (Å²) in [5.41, 5.74) is 0.879. The van der Waals surface area contributed by atoms with Crippen LogP contribution in [0.2, 0.25) is 0 Å². The molecule has 4 heterocycles. The summed E-state index contributed by atoms with van der Waals surface area (Å²) in [6.45, 7) is 3.72. The van der Waals surface area contributed by atoms with Gasteiger partial charge < -0.3 is 9.47 Å². The van der Waals surface area contributed by atoms with Crippen LogP contribution in [0.1, 0.15) is 25.2 Å². The van der Waals surface area contributed by atoms with Crippen LogP contribution >= 0.6 is 15.9 Å². The average molecular weight is 545 g/mol. The standard InChI is InChI=1S/C25H20BrF3N4O2/c1-25(2,19-11-13(34-3)9-17(30-19)15-5-7-21(26)32-23(15)28)20-12-14(35-4)10-18(31-20)16-6-8-22(27)33-24(16)29/h5-12H,1-4H3. The zero-order valence-corrected chi connectivity index (χ0v) is 20.8. The third-order valence-corrected chi connectivity index (χ3v) is 5.97. The summed E-state index contributed by atoms with van der Waals surface area (Å²) in [7, 11) is 2.97. The van der Waals surface area contributed by atoms with Crippen LogP contribution < -0.4 is 9.47 Å². The van der Waals surface area contributed by atoms with Crippen LogP contribution in [0.15, 0.2) is 53.1 Å². The first-order valence-electron chi connectivity index (χ1n) is 10.4. The van der Waals surface area contributed by atoms with Gasteiger partial charge in [-0.05, 0) is 54.0 Å². The van der Waals surface area contributed by atoms with Crippen molar-refractivity contribution in [3.8, 4) is 34.0 Å². The number of aromatic nitrogens is 4. The van der Waals surface area contributed by atoms with Gasteiger partial charge in [0.05, 0.1) is 48.1 Å². The second kappa shape index (κ2) is 9.61. The van der Waals surface area contributed by atoms with Gasteiger partial charge in [0.15, 0.2) is 0 Å². The first kappa shape index (κ1) is 24.6. The number of pyridine rings is 4. The largest absolute Gasteiger partial charge is 0.497 e. The predicted octanol–water partition coefficient (Wildman–Crippen LogP) is 6.12. The molecular formula is C25H20BrF3N4O2. The van der Waals surface area contributed by atoms with Gasteiger partial charge in [0.2, 0.25) is 17.8 Å². The SMILES string of the molecule is COc1cc(-c2ccc(F)nc2F)nc(C(C)(C)c2cc(OC)cc(-c3ccc(Br)nc3F)n2)c1. The van der Waals surface area contributed by atoms with Crippen molar-refractivity contribution in [3.05, 3.63) is 82.4 Å². The van der Waals surface area contributed by atoms with E-state index in [1.54, 1.807) is 30.3 Å². The van der Waals surface area contributed by atoms with Crippen molar-refractivity contribution < 1.29 is 22.6 Å².